The Morgan fingerprint density at radius 2 is 2.06 bits per heavy atom. The molecule has 0 aliphatic carbocycles. The summed E-state index contributed by atoms with van der Waals surface area (Å²) in [4.78, 5) is 7.82. The molecular formula is C11H11N3O2. The molecule has 1 aromatic carbocycles. The van der Waals surface area contributed by atoms with Gasteiger partial charge < -0.3 is 15.6 Å². The van der Waals surface area contributed by atoms with E-state index in [4.69, 9.17) is 15.6 Å². The van der Waals surface area contributed by atoms with E-state index in [1.165, 1.54) is 6.20 Å². The molecule has 0 saturated carbocycles. The van der Waals surface area contributed by atoms with Crippen molar-refractivity contribution in [3.05, 3.63) is 42.1 Å². The SMILES string of the molecule is Nc1ccnc(Oc2ccccc2CO)n1. The lowest BCUT2D eigenvalue weighted by atomic mass is 10.2. The fourth-order valence-corrected chi connectivity index (χ4v) is 1.24. The monoisotopic (exact) mass is 217 g/mol. The quantitative estimate of drug-likeness (QED) is 0.810. The number of benzene rings is 1. The highest BCUT2D eigenvalue weighted by Crippen LogP contribution is 2.22. The molecule has 0 unspecified atom stereocenters. The lowest BCUT2D eigenvalue weighted by Gasteiger charge is -2.07. The molecule has 0 atom stereocenters. The number of ether oxygens (including phenoxy) is 1. The van der Waals surface area contributed by atoms with Crippen molar-refractivity contribution in [2.75, 3.05) is 5.73 Å². The highest BCUT2D eigenvalue weighted by molar-refractivity contribution is 5.35. The minimum Gasteiger partial charge on any atom is -0.424 e. The van der Waals surface area contributed by atoms with Crippen LogP contribution in [0.15, 0.2) is 36.5 Å². The molecule has 2 aromatic rings. The maximum absolute atomic E-state index is 9.11. The predicted molar refractivity (Wildman–Crippen MR) is 58.9 cm³/mol. The van der Waals surface area contributed by atoms with E-state index in [2.05, 4.69) is 9.97 Å². The number of hydrogen-bond donors (Lipinski definition) is 2. The minimum absolute atomic E-state index is 0.0987. The number of nitrogen functional groups attached to an aromatic ring is 1. The molecular weight excluding hydrogens is 206 g/mol. The number of anilines is 1. The number of aromatic nitrogens is 2. The molecule has 1 heterocycles. The molecule has 1 aromatic heterocycles. The van der Waals surface area contributed by atoms with Crippen molar-refractivity contribution in [3.8, 4) is 11.8 Å². The Morgan fingerprint density at radius 1 is 1.25 bits per heavy atom. The Hall–Kier alpha value is -2.14. The first-order valence-electron chi connectivity index (χ1n) is 4.75. The number of nitrogens with two attached hydrogens (primary N) is 1. The summed E-state index contributed by atoms with van der Waals surface area (Å²) in [5, 5.41) is 9.11. The van der Waals surface area contributed by atoms with Crippen molar-refractivity contribution in [1.29, 1.82) is 0 Å². The van der Waals surface area contributed by atoms with Crippen LogP contribution in [0.3, 0.4) is 0 Å². The zero-order valence-electron chi connectivity index (χ0n) is 8.50. The fourth-order valence-electron chi connectivity index (χ4n) is 1.24. The van der Waals surface area contributed by atoms with Crippen molar-refractivity contribution in [2.45, 2.75) is 6.61 Å². The van der Waals surface area contributed by atoms with Crippen LogP contribution in [0.25, 0.3) is 0 Å². The first kappa shape index (κ1) is 10.4. The summed E-state index contributed by atoms with van der Waals surface area (Å²) >= 11 is 0. The van der Waals surface area contributed by atoms with E-state index < -0.39 is 0 Å². The lowest BCUT2D eigenvalue weighted by Crippen LogP contribution is -1.97. The average Bonchev–Trinajstić information content (AvgIpc) is 2.30. The zero-order valence-corrected chi connectivity index (χ0v) is 8.50. The Balaban J connectivity index is 2.26. The van der Waals surface area contributed by atoms with Gasteiger partial charge in [-0.1, -0.05) is 18.2 Å². The van der Waals surface area contributed by atoms with E-state index in [0.29, 0.717) is 17.1 Å². The molecule has 82 valence electrons. The summed E-state index contributed by atoms with van der Waals surface area (Å²) in [7, 11) is 0. The molecule has 5 heteroatoms. The van der Waals surface area contributed by atoms with Crippen molar-refractivity contribution >= 4 is 5.82 Å². The van der Waals surface area contributed by atoms with E-state index in [-0.39, 0.29) is 12.6 Å². The molecule has 3 N–H and O–H groups in total. The summed E-state index contributed by atoms with van der Waals surface area (Å²) in [6.07, 6.45) is 1.51. The van der Waals surface area contributed by atoms with Gasteiger partial charge in [0.1, 0.15) is 11.6 Å². The van der Waals surface area contributed by atoms with Crippen LogP contribution in [-0.2, 0) is 6.61 Å². The molecule has 0 saturated heterocycles. The van der Waals surface area contributed by atoms with Crippen molar-refractivity contribution < 1.29 is 9.84 Å². The van der Waals surface area contributed by atoms with Gasteiger partial charge in [0.05, 0.1) is 6.61 Å². The number of nitrogens with zero attached hydrogens (tertiary/aromatic N) is 2. The second kappa shape index (κ2) is 4.59. The lowest BCUT2D eigenvalue weighted by molar-refractivity contribution is 0.275. The molecule has 0 bridgehead atoms. The summed E-state index contributed by atoms with van der Waals surface area (Å²) in [6, 6.07) is 8.87. The molecule has 0 spiro atoms. The smallest absolute Gasteiger partial charge is 0.323 e. The number of para-hydroxylation sites is 1. The van der Waals surface area contributed by atoms with Crippen LogP contribution in [0.4, 0.5) is 5.82 Å². The second-order valence-electron chi connectivity index (χ2n) is 3.13. The van der Waals surface area contributed by atoms with Gasteiger partial charge in [-0.25, -0.2) is 4.98 Å². The number of aliphatic hydroxyl groups excluding tert-OH is 1. The molecule has 5 nitrogen and oxygen atoms in total. The van der Waals surface area contributed by atoms with Gasteiger partial charge in [0.2, 0.25) is 0 Å². The van der Waals surface area contributed by atoms with Crippen LogP contribution >= 0.6 is 0 Å². The minimum atomic E-state index is -0.0987. The highest BCUT2D eigenvalue weighted by Gasteiger charge is 2.05. The topological polar surface area (TPSA) is 81.3 Å². The number of aliphatic hydroxyl groups is 1. The molecule has 16 heavy (non-hydrogen) atoms. The third kappa shape index (κ3) is 2.26. The molecule has 2 rings (SSSR count). The average molecular weight is 217 g/mol. The van der Waals surface area contributed by atoms with Crippen LogP contribution < -0.4 is 10.5 Å². The number of rotatable bonds is 3. The van der Waals surface area contributed by atoms with Crippen molar-refractivity contribution in [2.24, 2.45) is 0 Å². The van der Waals surface area contributed by atoms with E-state index >= 15 is 0 Å². The van der Waals surface area contributed by atoms with E-state index in [9.17, 15) is 0 Å². The Kier molecular flexibility index (Phi) is 2.98. The summed E-state index contributed by atoms with van der Waals surface area (Å²) in [5.74, 6) is 0.863. The van der Waals surface area contributed by atoms with Gasteiger partial charge in [0.15, 0.2) is 0 Å². The largest absolute Gasteiger partial charge is 0.424 e. The fraction of sp³-hybridized carbons (Fsp3) is 0.0909. The molecule has 0 radical (unpaired) electrons. The van der Waals surface area contributed by atoms with Gasteiger partial charge in [-0.2, -0.15) is 4.98 Å². The normalized spacial score (nSPS) is 10.1. The Morgan fingerprint density at radius 3 is 2.81 bits per heavy atom. The standard InChI is InChI=1S/C11H11N3O2/c12-10-5-6-13-11(14-10)16-9-4-2-1-3-8(9)7-15/h1-6,15H,7H2,(H2,12,13,14). The summed E-state index contributed by atoms with van der Waals surface area (Å²) < 4.78 is 5.42. The van der Waals surface area contributed by atoms with Gasteiger partial charge in [-0.15, -0.1) is 0 Å². The van der Waals surface area contributed by atoms with Gasteiger partial charge >= 0.3 is 6.01 Å². The van der Waals surface area contributed by atoms with Crippen LogP contribution in [0.2, 0.25) is 0 Å². The van der Waals surface area contributed by atoms with Gasteiger partial charge in [-0.05, 0) is 12.1 Å². The summed E-state index contributed by atoms with van der Waals surface area (Å²) in [5.41, 5.74) is 6.18. The van der Waals surface area contributed by atoms with Crippen LogP contribution in [0.5, 0.6) is 11.8 Å². The van der Waals surface area contributed by atoms with Crippen LogP contribution in [-0.4, -0.2) is 15.1 Å². The van der Waals surface area contributed by atoms with Gasteiger partial charge in [0, 0.05) is 11.8 Å². The third-order valence-corrected chi connectivity index (χ3v) is 2.00. The first-order valence-corrected chi connectivity index (χ1v) is 4.75. The zero-order chi connectivity index (χ0) is 11.4. The van der Waals surface area contributed by atoms with E-state index in [1.807, 2.05) is 6.07 Å². The van der Waals surface area contributed by atoms with E-state index in [0.717, 1.165) is 0 Å². The predicted octanol–water partition coefficient (Wildman–Crippen LogP) is 1.34. The molecule has 0 amide bonds. The van der Waals surface area contributed by atoms with Gasteiger partial charge in [0.25, 0.3) is 0 Å². The van der Waals surface area contributed by atoms with Crippen LogP contribution in [0, 0.1) is 0 Å². The molecule has 0 fully saturated rings. The maximum Gasteiger partial charge on any atom is 0.323 e. The van der Waals surface area contributed by atoms with Crippen LogP contribution in [0.1, 0.15) is 5.56 Å². The van der Waals surface area contributed by atoms with Gasteiger partial charge in [-0.3, -0.25) is 0 Å². The Bertz CT molecular complexity index is 488. The first-order chi connectivity index (χ1) is 7.79. The summed E-state index contributed by atoms with van der Waals surface area (Å²) in [6.45, 7) is -0.0987. The third-order valence-electron chi connectivity index (χ3n) is 2.00. The van der Waals surface area contributed by atoms with Crippen molar-refractivity contribution in [1.82, 2.24) is 9.97 Å². The highest BCUT2D eigenvalue weighted by atomic mass is 16.5. The molecule has 0 aliphatic rings. The maximum atomic E-state index is 9.11. The molecule has 0 aliphatic heterocycles. The second-order valence-corrected chi connectivity index (χ2v) is 3.13. The Labute approximate surface area is 92.5 Å². The number of hydrogen-bond acceptors (Lipinski definition) is 5. The van der Waals surface area contributed by atoms with Crippen molar-refractivity contribution in [3.63, 3.8) is 0 Å². The van der Waals surface area contributed by atoms with E-state index in [1.54, 1.807) is 24.3 Å².